The van der Waals surface area contributed by atoms with Gasteiger partial charge in [-0.2, -0.15) is 0 Å². The van der Waals surface area contributed by atoms with Crippen LogP contribution in [0.2, 0.25) is 0 Å². The molecule has 1 saturated heterocycles. The maximum atomic E-state index is 13.0. The summed E-state index contributed by atoms with van der Waals surface area (Å²) in [5.74, 6) is 0.203. The van der Waals surface area contributed by atoms with Crippen molar-refractivity contribution in [3.05, 3.63) is 59.7 Å². The van der Waals surface area contributed by atoms with Crippen molar-refractivity contribution in [1.29, 1.82) is 0 Å². The molecule has 138 valence electrons. The van der Waals surface area contributed by atoms with E-state index >= 15 is 0 Å². The number of carbonyl (C=O) groups excluding carboxylic acids is 2. The van der Waals surface area contributed by atoms with Crippen molar-refractivity contribution in [3.8, 4) is 11.5 Å². The second-order valence-electron chi connectivity index (χ2n) is 5.63. The van der Waals surface area contributed by atoms with Gasteiger partial charge < -0.3 is 9.47 Å². The van der Waals surface area contributed by atoms with E-state index in [1.807, 2.05) is 13.0 Å². The van der Waals surface area contributed by atoms with E-state index < -0.39 is 11.8 Å². The molecule has 2 aromatic rings. The number of methoxy groups -OCH3 is 1. The first-order chi connectivity index (χ1) is 13.0. The molecule has 2 aromatic carbocycles. The van der Waals surface area contributed by atoms with E-state index in [0.29, 0.717) is 29.4 Å². The Labute approximate surface area is 162 Å². The number of thiocarbonyl (C=S) groups is 1. The number of carbonyl (C=O) groups is 2. The third-order valence-electron chi connectivity index (χ3n) is 3.95. The molecule has 0 radical (unpaired) electrons. The molecule has 0 aromatic heterocycles. The third kappa shape index (κ3) is 3.83. The fourth-order valence-electron chi connectivity index (χ4n) is 2.69. The summed E-state index contributed by atoms with van der Waals surface area (Å²) in [6.07, 6.45) is 1.50. The molecule has 7 heteroatoms. The van der Waals surface area contributed by atoms with Crippen molar-refractivity contribution >= 4 is 40.9 Å². The molecule has 1 N–H and O–H groups in total. The minimum Gasteiger partial charge on any atom is -0.496 e. The van der Waals surface area contributed by atoms with Crippen LogP contribution in [0.3, 0.4) is 0 Å². The number of benzene rings is 2. The van der Waals surface area contributed by atoms with Gasteiger partial charge in [0.05, 0.1) is 19.4 Å². The lowest BCUT2D eigenvalue weighted by Crippen LogP contribution is -2.54. The second kappa shape index (κ2) is 8.01. The van der Waals surface area contributed by atoms with E-state index in [2.05, 4.69) is 5.32 Å². The topological polar surface area (TPSA) is 67.9 Å². The maximum absolute atomic E-state index is 13.0. The van der Waals surface area contributed by atoms with Gasteiger partial charge in [-0.25, -0.2) is 0 Å². The van der Waals surface area contributed by atoms with Gasteiger partial charge in [0.25, 0.3) is 11.8 Å². The Morgan fingerprint density at radius 3 is 2.48 bits per heavy atom. The van der Waals surface area contributed by atoms with Crippen molar-refractivity contribution < 1.29 is 19.1 Å². The van der Waals surface area contributed by atoms with Crippen molar-refractivity contribution in [3.63, 3.8) is 0 Å². The van der Waals surface area contributed by atoms with Crippen LogP contribution in [-0.4, -0.2) is 30.6 Å². The van der Waals surface area contributed by atoms with Gasteiger partial charge in [0.1, 0.15) is 17.1 Å². The van der Waals surface area contributed by atoms with Gasteiger partial charge in [-0.3, -0.25) is 19.8 Å². The van der Waals surface area contributed by atoms with Crippen molar-refractivity contribution in [2.45, 2.75) is 6.92 Å². The molecule has 0 spiro atoms. The third-order valence-corrected chi connectivity index (χ3v) is 4.23. The Bertz CT molecular complexity index is 922. The molecule has 0 saturated carbocycles. The average molecular weight is 382 g/mol. The van der Waals surface area contributed by atoms with Crippen LogP contribution in [0, 0.1) is 0 Å². The van der Waals surface area contributed by atoms with Crippen molar-refractivity contribution in [2.75, 3.05) is 18.6 Å². The normalized spacial score (nSPS) is 15.7. The first kappa shape index (κ1) is 18.6. The summed E-state index contributed by atoms with van der Waals surface area (Å²) in [6, 6.07) is 14.1. The molecule has 2 amide bonds. The van der Waals surface area contributed by atoms with Crippen LogP contribution in [0.15, 0.2) is 54.1 Å². The first-order valence-electron chi connectivity index (χ1n) is 8.32. The Morgan fingerprint density at radius 2 is 1.81 bits per heavy atom. The molecule has 27 heavy (non-hydrogen) atoms. The molecule has 6 nitrogen and oxygen atoms in total. The number of nitrogens with one attached hydrogen (secondary N) is 1. The fraction of sp³-hybridized carbons (Fsp3) is 0.150. The summed E-state index contributed by atoms with van der Waals surface area (Å²) in [4.78, 5) is 26.6. The summed E-state index contributed by atoms with van der Waals surface area (Å²) >= 11 is 5.20. The highest BCUT2D eigenvalue weighted by Gasteiger charge is 2.34. The molecular formula is C20H18N2O4S. The highest BCUT2D eigenvalue weighted by molar-refractivity contribution is 7.80. The molecular weight excluding hydrogens is 364 g/mol. The molecule has 1 aliphatic rings. The lowest BCUT2D eigenvalue weighted by molar-refractivity contribution is -0.122. The Hall–Kier alpha value is -3.19. The van der Waals surface area contributed by atoms with E-state index in [0.717, 1.165) is 0 Å². The summed E-state index contributed by atoms with van der Waals surface area (Å²) in [5.41, 5.74) is 1.14. The predicted molar refractivity (Wildman–Crippen MR) is 107 cm³/mol. The Balaban J connectivity index is 1.97. The van der Waals surface area contributed by atoms with Crippen LogP contribution in [0.1, 0.15) is 12.5 Å². The van der Waals surface area contributed by atoms with Gasteiger partial charge in [-0.1, -0.05) is 18.2 Å². The molecule has 1 aliphatic heterocycles. The minimum absolute atomic E-state index is 0.0259. The first-order valence-corrected chi connectivity index (χ1v) is 8.73. The smallest absolute Gasteiger partial charge is 0.270 e. The lowest BCUT2D eigenvalue weighted by Gasteiger charge is -2.29. The van der Waals surface area contributed by atoms with Gasteiger partial charge in [0.2, 0.25) is 0 Å². The van der Waals surface area contributed by atoms with Crippen molar-refractivity contribution in [1.82, 2.24) is 5.32 Å². The van der Waals surface area contributed by atoms with E-state index in [-0.39, 0.29) is 10.7 Å². The van der Waals surface area contributed by atoms with Crippen LogP contribution in [0.25, 0.3) is 6.08 Å². The zero-order valence-electron chi connectivity index (χ0n) is 14.9. The summed E-state index contributed by atoms with van der Waals surface area (Å²) in [7, 11) is 1.53. The van der Waals surface area contributed by atoms with E-state index in [9.17, 15) is 9.59 Å². The number of amides is 2. The van der Waals surface area contributed by atoms with E-state index in [4.69, 9.17) is 21.7 Å². The molecule has 0 unspecified atom stereocenters. The second-order valence-corrected chi connectivity index (χ2v) is 6.01. The van der Waals surface area contributed by atoms with Gasteiger partial charge >= 0.3 is 0 Å². The SMILES string of the molecule is CCOc1ccc(N2C(=O)/C(=C\c3ccccc3OC)C(=O)NC2=S)cc1. The number of ether oxygens (including phenoxy) is 2. The van der Waals surface area contributed by atoms with Gasteiger partial charge in [-0.05, 0) is 55.5 Å². The number of hydrogen-bond donors (Lipinski definition) is 1. The van der Waals surface area contributed by atoms with Gasteiger partial charge in [-0.15, -0.1) is 0 Å². The number of rotatable bonds is 5. The largest absolute Gasteiger partial charge is 0.496 e. The average Bonchev–Trinajstić information content (AvgIpc) is 2.67. The summed E-state index contributed by atoms with van der Waals surface area (Å²) in [5, 5.41) is 2.60. The van der Waals surface area contributed by atoms with Crippen molar-refractivity contribution in [2.24, 2.45) is 0 Å². The molecule has 1 fully saturated rings. The van der Waals surface area contributed by atoms with Gasteiger partial charge in [0.15, 0.2) is 5.11 Å². The fourth-order valence-corrected chi connectivity index (χ4v) is 2.97. The summed E-state index contributed by atoms with van der Waals surface area (Å²) < 4.78 is 10.7. The van der Waals surface area contributed by atoms with Crippen LogP contribution in [-0.2, 0) is 9.59 Å². The zero-order valence-corrected chi connectivity index (χ0v) is 15.7. The zero-order chi connectivity index (χ0) is 19.4. The van der Waals surface area contributed by atoms with E-state index in [1.165, 1.54) is 18.1 Å². The van der Waals surface area contributed by atoms with E-state index in [1.54, 1.807) is 42.5 Å². The van der Waals surface area contributed by atoms with Crippen LogP contribution in [0.4, 0.5) is 5.69 Å². The number of nitrogens with zero attached hydrogens (tertiary/aromatic N) is 1. The summed E-state index contributed by atoms with van der Waals surface area (Å²) in [6.45, 7) is 2.43. The molecule has 0 atom stereocenters. The standard InChI is InChI=1S/C20H18N2O4S/c1-3-26-15-10-8-14(9-11-15)22-19(24)16(18(23)21-20(22)27)12-13-6-4-5-7-17(13)25-2/h4-12H,3H2,1-2H3,(H,21,23,27)/b16-12-. The monoisotopic (exact) mass is 382 g/mol. The number of hydrogen-bond acceptors (Lipinski definition) is 5. The highest BCUT2D eigenvalue weighted by Crippen LogP contribution is 2.26. The Morgan fingerprint density at radius 1 is 1.11 bits per heavy atom. The van der Waals surface area contributed by atoms with Crippen LogP contribution < -0.4 is 19.7 Å². The molecule has 1 heterocycles. The lowest BCUT2D eigenvalue weighted by atomic mass is 10.1. The Kier molecular flexibility index (Phi) is 5.52. The number of anilines is 1. The molecule has 0 aliphatic carbocycles. The maximum Gasteiger partial charge on any atom is 0.270 e. The molecule has 3 rings (SSSR count). The predicted octanol–water partition coefficient (Wildman–Crippen LogP) is 2.93. The minimum atomic E-state index is -0.543. The van der Waals surface area contributed by atoms with Crippen LogP contribution >= 0.6 is 12.2 Å². The quantitative estimate of drug-likeness (QED) is 0.489. The van der Waals surface area contributed by atoms with Gasteiger partial charge in [0, 0.05) is 5.56 Å². The number of para-hydroxylation sites is 1. The molecule has 0 bridgehead atoms. The van der Waals surface area contributed by atoms with Crippen LogP contribution in [0.5, 0.6) is 11.5 Å². The highest BCUT2D eigenvalue weighted by atomic mass is 32.1.